The Balaban J connectivity index is 2.02. The van der Waals surface area contributed by atoms with Crippen LogP contribution < -0.4 is 4.74 Å². The second-order valence-corrected chi connectivity index (χ2v) is 12.8. The number of ether oxygens (including phenoxy) is 3. The lowest BCUT2D eigenvalue weighted by atomic mass is 10.0. The summed E-state index contributed by atoms with van der Waals surface area (Å²) in [5.74, 6) is 0.879. The molecule has 0 fully saturated rings. The predicted octanol–water partition coefficient (Wildman–Crippen LogP) is 7.07. The van der Waals surface area contributed by atoms with E-state index in [0.717, 1.165) is 42.3 Å². The minimum Gasteiger partial charge on any atom is -0.497 e. The molecule has 0 spiro atoms. The average Bonchev–Trinajstić information content (AvgIpc) is 2.85. The highest BCUT2D eigenvalue weighted by molar-refractivity contribution is 6.73. The van der Waals surface area contributed by atoms with E-state index in [2.05, 4.69) is 69.3 Å². The molecule has 0 aliphatic heterocycles. The van der Waals surface area contributed by atoms with Crippen LogP contribution in [0.15, 0.2) is 60.7 Å². The van der Waals surface area contributed by atoms with Crippen LogP contribution in [0.25, 0.3) is 0 Å². The molecule has 0 saturated heterocycles. The highest BCUT2D eigenvalue weighted by atomic mass is 28.4. The third-order valence-electron chi connectivity index (χ3n) is 6.18. The Kier molecular flexibility index (Phi) is 11.7. The number of benzene rings is 2. The number of methoxy groups -OCH3 is 2. The van der Waals surface area contributed by atoms with Crippen LogP contribution in [-0.2, 0) is 26.9 Å². The van der Waals surface area contributed by atoms with Crippen molar-refractivity contribution < 1.29 is 18.6 Å². The Morgan fingerprint density at radius 3 is 2.00 bits per heavy atom. The Morgan fingerprint density at radius 2 is 1.44 bits per heavy atom. The Labute approximate surface area is 195 Å². The summed E-state index contributed by atoms with van der Waals surface area (Å²) < 4.78 is 22.5. The van der Waals surface area contributed by atoms with Crippen molar-refractivity contribution in [2.45, 2.75) is 64.5 Å². The zero-order chi connectivity index (χ0) is 23.2. The number of hydrogen-bond donors (Lipinski definition) is 0. The smallest absolute Gasteiger partial charge is 0.192 e. The minimum absolute atomic E-state index is 0.0870. The molecule has 1 atom stereocenters. The highest BCUT2D eigenvalue weighted by Crippen LogP contribution is 2.32. The van der Waals surface area contributed by atoms with Gasteiger partial charge in [0.25, 0.3) is 0 Å². The van der Waals surface area contributed by atoms with Gasteiger partial charge in [0.05, 0.1) is 19.8 Å². The molecule has 2 aromatic carbocycles. The van der Waals surface area contributed by atoms with Crippen molar-refractivity contribution in [3.8, 4) is 5.75 Å². The number of hydrogen-bond acceptors (Lipinski definition) is 4. The van der Waals surface area contributed by atoms with Crippen molar-refractivity contribution in [2.75, 3.05) is 21.0 Å². The molecular formula is C27H40O4Si. The molecule has 32 heavy (non-hydrogen) atoms. The molecule has 176 valence electrons. The van der Waals surface area contributed by atoms with Crippen molar-refractivity contribution in [3.63, 3.8) is 0 Å². The Hall–Kier alpha value is -1.92. The van der Waals surface area contributed by atoms with E-state index in [1.165, 1.54) is 11.1 Å². The van der Waals surface area contributed by atoms with Gasteiger partial charge in [0.2, 0.25) is 0 Å². The van der Waals surface area contributed by atoms with E-state index in [9.17, 15) is 0 Å². The van der Waals surface area contributed by atoms with Crippen molar-refractivity contribution in [2.24, 2.45) is 0 Å². The molecule has 2 rings (SSSR count). The van der Waals surface area contributed by atoms with Crippen LogP contribution >= 0.6 is 0 Å². The average molecular weight is 457 g/mol. The third-order valence-corrected chi connectivity index (χ3v) is 10.8. The highest BCUT2D eigenvalue weighted by Gasteiger charge is 2.32. The van der Waals surface area contributed by atoms with Gasteiger partial charge in [-0.3, -0.25) is 0 Å². The molecule has 0 aliphatic carbocycles. The van der Waals surface area contributed by atoms with Crippen LogP contribution in [0.3, 0.4) is 0 Å². The first-order valence-corrected chi connectivity index (χ1v) is 14.2. The van der Waals surface area contributed by atoms with Crippen LogP contribution in [0.4, 0.5) is 0 Å². The third kappa shape index (κ3) is 8.21. The summed E-state index contributed by atoms with van der Waals surface area (Å²) in [6.45, 7) is 7.74. The molecule has 0 radical (unpaired) electrons. The first kappa shape index (κ1) is 26.3. The first-order chi connectivity index (χ1) is 15.6. The molecule has 0 heterocycles. The van der Waals surface area contributed by atoms with E-state index < -0.39 is 8.32 Å². The first-order valence-electron chi connectivity index (χ1n) is 11.7. The summed E-state index contributed by atoms with van der Waals surface area (Å²) in [4.78, 5) is 0. The van der Waals surface area contributed by atoms with E-state index in [0.29, 0.717) is 13.4 Å². The fourth-order valence-electron chi connectivity index (χ4n) is 3.83. The fourth-order valence-corrected chi connectivity index (χ4v) is 6.66. The number of rotatable bonds is 15. The van der Waals surface area contributed by atoms with Gasteiger partial charge in [-0.1, -0.05) is 69.3 Å². The van der Waals surface area contributed by atoms with Crippen LogP contribution in [0.5, 0.6) is 5.75 Å². The van der Waals surface area contributed by atoms with E-state index in [1.54, 1.807) is 14.2 Å². The fraction of sp³-hybridized carbons (Fsp3) is 0.481. The summed E-state index contributed by atoms with van der Waals surface area (Å²) in [6, 6.07) is 20.3. The van der Waals surface area contributed by atoms with Crippen LogP contribution in [-0.4, -0.2) is 29.3 Å². The molecular weight excluding hydrogens is 416 g/mol. The Bertz CT molecular complexity index is 774. The molecule has 0 saturated carbocycles. The number of allylic oxidation sites excluding steroid dienone is 1. The van der Waals surface area contributed by atoms with Gasteiger partial charge in [-0.2, -0.15) is 0 Å². The van der Waals surface area contributed by atoms with Gasteiger partial charge < -0.3 is 18.6 Å². The second kappa shape index (κ2) is 14.3. The monoisotopic (exact) mass is 456 g/mol. The zero-order valence-electron chi connectivity index (χ0n) is 20.4. The van der Waals surface area contributed by atoms with Gasteiger partial charge in [-0.25, -0.2) is 0 Å². The topological polar surface area (TPSA) is 36.9 Å². The molecule has 0 amide bonds. The zero-order valence-corrected chi connectivity index (χ0v) is 21.4. The van der Waals surface area contributed by atoms with Crippen molar-refractivity contribution in [1.82, 2.24) is 0 Å². The van der Waals surface area contributed by atoms with Crippen LogP contribution in [0, 0.1) is 0 Å². The molecule has 0 aromatic heterocycles. The van der Waals surface area contributed by atoms with Crippen LogP contribution in [0.1, 0.15) is 50.0 Å². The molecule has 0 N–H and O–H groups in total. The molecule has 2 aromatic rings. The predicted molar refractivity (Wildman–Crippen MR) is 135 cm³/mol. The van der Waals surface area contributed by atoms with Gasteiger partial charge in [-0.05, 0) is 59.8 Å². The lowest BCUT2D eigenvalue weighted by Crippen LogP contribution is -2.37. The molecule has 5 heteroatoms. The maximum absolute atomic E-state index is 6.88. The van der Waals surface area contributed by atoms with Crippen molar-refractivity contribution in [3.05, 3.63) is 77.4 Å². The summed E-state index contributed by atoms with van der Waals surface area (Å²) in [5, 5.41) is 0. The maximum Gasteiger partial charge on any atom is 0.192 e. The molecule has 0 aliphatic rings. The van der Waals surface area contributed by atoms with Gasteiger partial charge in [-0.15, -0.1) is 0 Å². The van der Waals surface area contributed by atoms with Gasteiger partial charge in [0, 0.05) is 7.11 Å². The summed E-state index contributed by atoms with van der Waals surface area (Å²) in [7, 11) is 1.62. The molecule has 0 bridgehead atoms. The summed E-state index contributed by atoms with van der Waals surface area (Å²) in [6.07, 6.45) is 6.40. The normalized spacial score (nSPS) is 12.9. The van der Waals surface area contributed by atoms with E-state index in [4.69, 9.17) is 18.6 Å². The quantitative estimate of drug-likeness (QED) is 0.124. The SMILES string of the molecule is CC[Si](CC)(CC)OC(CC=CCc1ccc(COCOC)cc1)c1ccc(OC)cc1. The van der Waals surface area contributed by atoms with Crippen molar-refractivity contribution in [1.29, 1.82) is 0 Å². The Morgan fingerprint density at radius 1 is 0.812 bits per heavy atom. The van der Waals surface area contributed by atoms with E-state index >= 15 is 0 Å². The standard InChI is InChI=1S/C27H40O4Si/c1-6-32(7-2,8-3)31-27(25-17-19-26(29-5)20-18-25)12-10-9-11-23-13-15-24(16-14-23)21-30-22-28-4/h9-10,13-20,27H,6-8,11-12,21-22H2,1-5H3. The maximum atomic E-state index is 6.88. The van der Waals surface area contributed by atoms with Gasteiger partial charge in [0.1, 0.15) is 12.5 Å². The molecule has 1 unspecified atom stereocenters. The largest absolute Gasteiger partial charge is 0.497 e. The van der Waals surface area contributed by atoms with Crippen molar-refractivity contribution >= 4 is 8.32 Å². The minimum atomic E-state index is -1.72. The second-order valence-electron chi connectivity index (χ2n) is 8.11. The van der Waals surface area contributed by atoms with Gasteiger partial charge >= 0.3 is 0 Å². The van der Waals surface area contributed by atoms with Crippen LogP contribution in [0.2, 0.25) is 18.1 Å². The lowest BCUT2D eigenvalue weighted by molar-refractivity contribution is -0.0390. The lowest BCUT2D eigenvalue weighted by Gasteiger charge is -2.33. The van der Waals surface area contributed by atoms with Gasteiger partial charge in [0.15, 0.2) is 8.32 Å². The summed E-state index contributed by atoms with van der Waals surface area (Å²) >= 11 is 0. The van der Waals surface area contributed by atoms with E-state index in [1.807, 2.05) is 12.1 Å². The summed E-state index contributed by atoms with van der Waals surface area (Å²) in [5.41, 5.74) is 3.67. The molecule has 4 nitrogen and oxygen atoms in total. The van der Waals surface area contributed by atoms with E-state index in [-0.39, 0.29) is 6.10 Å².